The van der Waals surface area contributed by atoms with Gasteiger partial charge in [0.2, 0.25) is 0 Å². The topological polar surface area (TPSA) is 24.9 Å². The predicted molar refractivity (Wildman–Crippen MR) is 80.4 cm³/mol. The Labute approximate surface area is 115 Å². The quantitative estimate of drug-likeness (QED) is 0.903. The highest BCUT2D eigenvalue weighted by atomic mass is 14.9. The van der Waals surface area contributed by atoms with E-state index in [0.717, 1.165) is 12.1 Å². The minimum absolute atomic E-state index is 0.335. The van der Waals surface area contributed by atoms with Gasteiger partial charge in [0, 0.05) is 17.9 Å². The Kier molecular flexibility index (Phi) is 4.33. The van der Waals surface area contributed by atoms with E-state index in [9.17, 15) is 0 Å². The molecule has 2 nitrogen and oxygen atoms in total. The van der Waals surface area contributed by atoms with Crippen molar-refractivity contribution in [2.75, 3.05) is 7.05 Å². The van der Waals surface area contributed by atoms with Gasteiger partial charge in [-0.1, -0.05) is 18.2 Å². The standard InChI is InChI=1S/C17H22N2/c1-12-6-5-7-13(2)16(12)11-17(18-4)15-8-9-19-14(3)10-15/h5-10,17-18H,11H2,1-4H3. The molecule has 0 saturated heterocycles. The number of pyridine rings is 1. The normalized spacial score (nSPS) is 12.4. The van der Waals surface area contributed by atoms with Gasteiger partial charge in [0.15, 0.2) is 0 Å². The largest absolute Gasteiger partial charge is 0.313 e. The third kappa shape index (κ3) is 3.21. The van der Waals surface area contributed by atoms with Crippen LogP contribution in [0, 0.1) is 20.8 Å². The van der Waals surface area contributed by atoms with E-state index in [1.165, 1.54) is 22.3 Å². The monoisotopic (exact) mass is 254 g/mol. The molecule has 1 heterocycles. The van der Waals surface area contributed by atoms with E-state index in [2.05, 4.69) is 54.5 Å². The average Bonchev–Trinajstić information content (AvgIpc) is 2.38. The zero-order chi connectivity index (χ0) is 13.8. The zero-order valence-corrected chi connectivity index (χ0v) is 12.2. The molecule has 19 heavy (non-hydrogen) atoms. The Morgan fingerprint density at radius 3 is 2.37 bits per heavy atom. The maximum Gasteiger partial charge on any atom is 0.0375 e. The van der Waals surface area contributed by atoms with Gasteiger partial charge in [-0.15, -0.1) is 0 Å². The highest BCUT2D eigenvalue weighted by Crippen LogP contribution is 2.22. The van der Waals surface area contributed by atoms with Crippen LogP contribution in [0.1, 0.15) is 34.0 Å². The molecule has 0 spiro atoms. The summed E-state index contributed by atoms with van der Waals surface area (Å²) in [6.07, 6.45) is 2.90. The Bertz CT molecular complexity index is 541. The molecular formula is C17H22N2. The molecule has 0 fully saturated rings. The van der Waals surface area contributed by atoms with Crippen LogP contribution in [0.25, 0.3) is 0 Å². The van der Waals surface area contributed by atoms with Gasteiger partial charge in [-0.25, -0.2) is 0 Å². The first-order valence-electron chi connectivity index (χ1n) is 6.76. The number of hydrogen-bond acceptors (Lipinski definition) is 2. The van der Waals surface area contributed by atoms with E-state index < -0.39 is 0 Å². The Morgan fingerprint density at radius 2 is 1.79 bits per heavy atom. The number of nitrogens with zero attached hydrogens (tertiary/aromatic N) is 1. The maximum atomic E-state index is 4.27. The van der Waals surface area contributed by atoms with Crippen molar-refractivity contribution in [2.24, 2.45) is 0 Å². The summed E-state index contributed by atoms with van der Waals surface area (Å²) >= 11 is 0. The van der Waals surface area contributed by atoms with Crippen LogP contribution in [0.3, 0.4) is 0 Å². The number of aromatic nitrogens is 1. The third-order valence-electron chi connectivity index (χ3n) is 3.72. The van der Waals surface area contributed by atoms with E-state index in [0.29, 0.717) is 6.04 Å². The molecule has 2 aromatic rings. The SMILES string of the molecule is CNC(Cc1c(C)cccc1C)c1ccnc(C)c1. The van der Waals surface area contributed by atoms with E-state index in [4.69, 9.17) is 0 Å². The summed E-state index contributed by atoms with van der Waals surface area (Å²) in [5.41, 5.74) is 6.55. The number of nitrogens with one attached hydrogen (secondary N) is 1. The molecule has 0 radical (unpaired) electrons. The molecule has 2 rings (SSSR count). The predicted octanol–water partition coefficient (Wildman–Crippen LogP) is 3.51. The summed E-state index contributed by atoms with van der Waals surface area (Å²) in [5.74, 6) is 0. The first-order chi connectivity index (χ1) is 9.11. The first kappa shape index (κ1) is 13.8. The Morgan fingerprint density at radius 1 is 1.11 bits per heavy atom. The van der Waals surface area contributed by atoms with Crippen molar-refractivity contribution in [2.45, 2.75) is 33.2 Å². The second kappa shape index (κ2) is 5.98. The Balaban J connectivity index is 2.29. The fourth-order valence-electron chi connectivity index (χ4n) is 2.55. The maximum absolute atomic E-state index is 4.27. The van der Waals surface area contributed by atoms with Crippen molar-refractivity contribution in [1.82, 2.24) is 10.3 Å². The highest BCUT2D eigenvalue weighted by Gasteiger charge is 2.13. The summed E-state index contributed by atoms with van der Waals surface area (Å²) in [7, 11) is 2.02. The zero-order valence-electron chi connectivity index (χ0n) is 12.2. The van der Waals surface area contributed by atoms with E-state index in [1.807, 2.05) is 20.2 Å². The fourth-order valence-corrected chi connectivity index (χ4v) is 2.55. The minimum atomic E-state index is 0.335. The minimum Gasteiger partial charge on any atom is -0.313 e. The van der Waals surface area contributed by atoms with Crippen LogP contribution in [-0.4, -0.2) is 12.0 Å². The molecule has 0 saturated carbocycles. The lowest BCUT2D eigenvalue weighted by Crippen LogP contribution is -2.20. The van der Waals surface area contributed by atoms with Crippen LogP contribution in [0.4, 0.5) is 0 Å². The summed E-state index contributed by atoms with van der Waals surface area (Å²) in [5, 5.41) is 3.42. The van der Waals surface area contributed by atoms with Crippen molar-refractivity contribution in [3.05, 3.63) is 64.5 Å². The molecule has 1 aromatic heterocycles. The molecule has 0 aliphatic rings. The van der Waals surface area contributed by atoms with Gasteiger partial charge in [-0.05, 0) is 68.6 Å². The lowest BCUT2D eigenvalue weighted by molar-refractivity contribution is 0.588. The van der Waals surface area contributed by atoms with E-state index in [1.54, 1.807) is 0 Å². The summed E-state index contributed by atoms with van der Waals surface area (Å²) in [4.78, 5) is 4.27. The van der Waals surface area contributed by atoms with Crippen LogP contribution < -0.4 is 5.32 Å². The van der Waals surface area contributed by atoms with Crippen molar-refractivity contribution in [3.8, 4) is 0 Å². The van der Waals surface area contributed by atoms with Gasteiger partial charge in [0.05, 0.1) is 0 Å². The van der Waals surface area contributed by atoms with Crippen LogP contribution >= 0.6 is 0 Å². The summed E-state index contributed by atoms with van der Waals surface area (Å²) in [6.45, 7) is 6.41. The number of hydrogen-bond donors (Lipinski definition) is 1. The summed E-state index contributed by atoms with van der Waals surface area (Å²) in [6, 6.07) is 11.1. The molecule has 0 aliphatic carbocycles. The molecule has 0 amide bonds. The molecule has 1 unspecified atom stereocenters. The van der Waals surface area contributed by atoms with Gasteiger partial charge < -0.3 is 5.32 Å². The van der Waals surface area contributed by atoms with Crippen LogP contribution in [0.2, 0.25) is 0 Å². The van der Waals surface area contributed by atoms with Gasteiger partial charge in [-0.3, -0.25) is 4.98 Å². The molecule has 1 atom stereocenters. The van der Waals surface area contributed by atoms with Gasteiger partial charge in [-0.2, -0.15) is 0 Å². The van der Waals surface area contributed by atoms with Crippen molar-refractivity contribution < 1.29 is 0 Å². The summed E-state index contributed by atoms with van der Waals surface area (Å²) < 4.78 is 0. The molecule has 0 bridgehead atoms. The highest BCUT2D eigenvalue weighted by molar-refractivity contribution is 5.35. The third-order valence-corrected chi connectivity index (χ3v) is 3.72. The van der Waals surface area contributed by atoms with Gasteiger partial charge in [0.1, 0.15) is 0 Å². The second-order valence-electron chi connectivity index (χ2n) is 5.15. The fraction of sp³-hybridized carbons (Fsp3) is 0.353. The second-order valence-corrected chi connectivity index (χ2v) is 5.15. The smallest absolute Gasteiger partial charge is 0.0375 e. The molecular weight excluding hydrogens is 232 g/mol. The first-order valence-corrected chi connectivity index (χ1v) is 6.76. The average molecular weight is 254 g/mol. The van der Waals surface area contributed by atoms with E-state index >= 15 is 0 Å². The van der Waals surface area contributed by atoms with Gasteiger partial charge >= 0.3 is 0 Å². The number of benzene rings is 1. The lowest BCUT2D eigenvalue weighted by Gasteiger charge is -2.19. The number of likely N-dealkylation sites (N-methyl/N-ethyl adjacent to an activating group) is 1. The number of rotatable bonds is 4. The number of aryl methyl sites for hydroxylation is 3. The Hall–Kier alpha value is -1.67. The molecule has 0 aliphatic heterocycles. The van der Waals surface area contributed by atoms with Gasteiger partial charge in [0.25, 0.3) is 0 Å². The lowest BCUT2D eigenvalue weighted by atomic mass is 9.93. The van der Waals surface area contributed by atoms with Crippen molar-refractivity contribution in [1.29, 1.82) is 0 Å². The molecule has 1 aromatic carbocycles. The molecule has 1 N–H and O–H groups in total. The molecule has 100 valence electrons. The van der Waals surface area contributed by atoms with Crippen molar-refractivity contribution >= 4 is 0 Å². The van der Waals surface area contributed by atoms with Crippen LogP contribution in [0.15, 0.2) is 36.5 Å². The van der Waals surface area contributed by atoms with E-state index in [-0.39, 0.29) is 0 Å². The van der Waals surface area contributed by atoms with Crippen molar-refractivity contribution in [3.63, 3.8) is 0 Å². The van der Waals surface area contributed by atoms with Crippen LogP contribution in [-0.2, 0) is 6.42 Å². The molecule has 2 heteroatoms. The van der Waals surface area contributed by atoms with Crippen LogP contribution in [0.5, 0.6) is 0 Å².